The van der Waals surface area contributed by atoms with Crippen LogP contribution >= 0.6 is 0 Å². The second kappa shape index (κ2) is 4.09. The number of hydrogen-bond donors (Lipinski definition) is 1. The molecule has 0 aliphatic carbocycles. The molecule has 2 heteroatoms. The summed E-state index contributed by atoms with van der Waals surface area (Å²) >= 11 is 0. The van der Waals surface area contributed by atoms with Crippen molar-refractivity contribution in [3.63, 3.8) is 0 Å². The van der Waals surface area contributed by atoms with Gasteiger partial charge in [-0.3, -0.25) is 5.26 Å². The molecule has 0 amide bonds. The lowest BCUT2D eigenvalue weighted by molar-refractivity contribution is -0.274. The van der Waals surface area contributed by atoms with Crippen molar-refractivity contribution >= 4 is 0 Å². The molecule has 1 atom stereocenters. The fourth-order valence-corrected chi connectivity index (χ4v) is 0.459. The molecule has 0 spiro atoms. The molecule has 0 aromatic carbocycles. The second-order valence-electron chi connectivity index (χ2n) is 1.70. The minimum Gasteiger partial charge on any atom is -0.252 e. The molecular formula is C5H12O2. The Morgan fingerprint density at radius 3 is 2.43 bits per heavy atom. The molecule has 0 saturated heterocycles. The molecule has 0 fully saturated rings. The average molecular weight is 104 g/mol. The van der Waals surface area contributed by atoms with Crippen molar-refractivity contribution in [3.05, 3.63) is 0 Å². The quantitative estimate of drug-likeness (QED) is 0.436. The normalized spacial score (nSPS) is 14.1. The van der Waals surface area contributed by atoms with Gasteiger partial charge in [-0.05, 0) is 13.3 Å². The predicted molar refractivity (Wildman–Crippen MR) is 28.1 cm³/mol. The van der Waals surface area contributed by atoms with E-state index in [4.69, 9.17) is 5.26 Å². The fraction of sp³-hybridized carbons (Fsp3) is 1.00. The van der Waals surface area contributed by atoms with E-state index in [0.29, 0.717) is 0 Å². The Morgan fingerprint density at radius 2 is 2.29 bits per heavy atom. The SMILES string of the molecule is CCC[C@H](C)OO. The topological polar surface area (TPSA) is 29.5 Å². The Labute approximate surface area is 44.0 Å². The van der Waals surface area contributed by atoms with Gasteiger partial charge in [0, 0.05) is 0 Å². The van der Waals surface area contributed by atoms with Crippen LogP contribution < -0.4 is 0 Å². The van der Waals surface area contributed by atoms with E-state index in [0.717, 1.165) is 12.8 Å². The first-order valence-corrected chi connectivity index (χ1v) is 2.61. The summed E-state index contributed by atoms with van der Waals surface area (Å²) in [7, 11) is 0. The van der Waals surface area contributed by atoms with Crippen molar-refractivity contribution in [2.24, 2.45) is 0 Å². The smallest absolute Gasteiger partial charge is 0.0899 e. The molecular weight excluding hydrogens is 92.1 g/mol. The van der Waals surface area contributed by atoms with Crippen molar-refractivity contribution in [1.29, 1.82) is 0 Å². The van der Waals surface area contributed by atoms with E-state index in [1.165, 1.54) is 0 Å². The summed E-state index contributed by atoms with van der Waals surface area (Å²) in [4.78, 5) is 3.99. The van der Waals surface area contributed by atoms with Crippen molar-refractivity contribution in [1.82, 2.24) is 0 Å². The lowest BCUT2D eigenvalue weighted by Crippen LogP contribution is -2.02. The summed E-state index contributed by atoms with van der Waals surface area (Å²) < 4.78 is 0. The molecule has 0 aliphatic rings. The maximum absolute atomic E-state index is 7.97. The molecule has 0 aromatic heterocycles. The summed E-state index contributed by atoms with van der Waals surface area (Å²) in [5.41, 5.74) is 0. The largest absolute Gasteiger partial charge is 0.252 e. The van der Waals surface area contributed by atoms with Crippen LogP contribution in [0.2, 0.25) is 0 Å². The molecule has 0 rings (SSSR count). The zero-order valence-corrected chi connectivity index (χ0v) is 4.85. The van der Waals surface area contributed by atoms with Crippen molar-refractivity contribution in [2.45, 2.75) is 32.8 Å². The van der Waals surface area contributed by atoms with Crippen LogP contribution in [0.1, 0.15) is 26.7 Å². The highest BCUT2D eigenvalue weighted by atomic mass is 17.1. The first-order valence-electron chi connectivity index (χ1n) is 2.61. The van der Waals surface area contributed by atoms with Crippen LogP contribution in [-0.4, -0.2) is 11.4 Å². The maximum Gasteiger partial charge on any atom is 0.0899 e. The third kappa shape index (κ3) is 3.76. The van der Waals surface area contributed by atoms with Gasteiger partial charge >= 0.3 is 0 Å². The minimum absolute atomic E-state index is 0.00463. The van der Waals surface area contributed by atoms with Crippen LogP contribution in [0.5, 0.6) is 0 Å². The molecule has 44 valence electrons. The van der Waals surface area contributed by atoms with E-state index in [9.17, 15) is 0 Å². The summed E-state index contributed by atoms with van der Waals surface area (Å²) in [6, 6.07) is 0. The molecule has 0 aromatic rings. The molecule has 7 heavy (non-hydrogen) atoms. The van der Waals surface area contributed by atoms with E-state index in [1.54, 1.807) is 0 Å². The molecule has 0 radical (unpaired) electrons. The molecule has 0 heterocycles. The highest BCUT2D eigenvalue weighted by molar-refractivity contribution is 4.42. The average Bonchev–Trinajstić information content (AvgIpc) is 1.68. The van der Waals surface area contributed by atoms with Gasteiger partial charge in [0.25, 0.3) is 0 Å². The van der Waals surface area contributed by atoms with E-state index < -0.39 is 0 Å². The summed E-state index contributed by atoms with van der Waals surface area (Å²) in [6.45, 7) is 3.89. The summed E-state index contributed by atoms with van der Waals surface area (Å²) in [5, 5.41) is 7.97. The second-order valence-corrected chi connectivity index (χ2v) is 1.70. The van der Waals surface area contributed by atoms with Crippen LogP contribution in [0.25, 0.3) is 0 Å². The summed E-state index contributed by atoms with van der Waals surface area (Å²) in [5.74, 6) is 0. The molecule has 0 aliphatic heterocycles. The first kappa shape index (κ1) is 6.92. The zero-order valence-electron chi connectivity index (χ0n) is 4.85. The van der Waals surface area contributed by atoms with Crippen LogP contribution in [0, 0.1) is 0 Å². The van der Waals surface area contributed by atoms with Gasteiger partial charge in [0.1, 0.15) is 0 Å². The molecule has 0 unspecified atom stereocenters. The van der Waals surface area contributed by atoms with Crippen LogP contribution in [0.4, 0.5) is 0 Å². The molecule has 1 N–H and O–H groups in total. The highest BCUT2D eigenvalue weighted by Crippen LogP contribution is 1.96. The van der Waals surface area contributed by atoms with Gasteiger partial charge in [0.15, 0.2) is 0 Å². The third-order valence-electron chi connectivity index (χ3n) is 0.875. The van der Waals surface area contributed by atoms with Gasteiger partial charge in [0.2, 0.25) is 0 Å². The van der Waals surface area contributed by atoms with Gasteiger partial charge in [-0.15, -0.1) is 0 Å². The third-order valence-corrected chi connectivity index (χ3v) is 0.875. The van der Waals surface area contributed by atoms with E-state index >= 15 is 0 Å². The number of rotatable bonds is 3. The van der Waals surface area contributed by atoms with Crippen molar-refractivity contribution < 1.29 is 10.1 Å². The Hall–Kier alpha value is -0.0800. The zero-order chi connectivity index (χ0) is 5.70. The van der Waals surface area contributed by atoms with Crippen LogP contribution in [-0.2, 0) is 4.89 Å². The van der Waals surface area contributed by atoms with Gasteiger partial charge in [-0.1, -0.05) is 13.3 Å². The lowest BCUT2D eigenvalue weighted by Gasteiger charge is -2.01. The van der Waals surface area contributed by atoms with Crippen LogP contribution in [0.15, 0.2) is 0 Å². The fourth-order valence-electron chi connectivity index (χ4n) is 0.459. The van der Waals surface area contributed by atoms with Crippen LogP contribution in [0.3, 0.4) is 0 Å². The Morgan fingerprint density at radius 1 is 1.71 bits per heavy atom. The van der Waals surface area contributed by atoms with Crippen molar-refractivity contribution in [3.8, 4) is 0 Å². The van der Waals surface area contributed by atoms with Gasteiger partial charge in [-0.2, -0.15) is 0 Å². The predicted octanol–water partition coefficient (Wildman–Crippen LogP) is 1.66. The maximum atomic E-state index is 7.97. The first-order chi connectivity index (χ1) is 3.31. The number of hydrogen-bond acceptors (Lipinski definition) is 2. The molecule has 0 saturated carbocycles. The van der Waals surface area contributed by atoms with Gasteiger partial charge in [-0.25, -0.2) is 4.89 Å². The summed E-state index contributed by atoms with van der Waals surface area (Å²) in [6.07, 6.45) is 1.99. The van der Waals surface area contributed by atoms with Gasteiger partial charge in [0.05, 0.1) is 6.10 Å². The Kier molecular flexibility index (Phi) is 4.04. The highest BCUT2D eigenvalue weighted by Gasteiger charge is 1.95. The minimum atomic E-state index is 0.00463. The van der Waals surface area contributed by atoms with E-state index in [2.05, 4.69) is 11.8 Å². The lowest BCUT2D eigenvalue weighted by atomic mass is 10.2. The Balaban J connectivity index is 2.83. The Bertz CT molecular complexity index is 37.1. The standard InChI is InChI=1S/C5H12O2/c1-3-4-5(2)7-6/h5-6H,3-4H2,1-2H3/t5-/m0/s1. The van der Waals surface area contributed by atoms with Crippen molar-refractivity contribution in [2.75, 3.05) is 0 Å². The monoisotopic (exact) mass is 104 g/mol. The van der Waals surface area contributed by atoms with E-state index in [1.807, 2.05) is 6.92 Å². The molecule has 0 bridgehead atoms. The molecule has 2 nitrogen and oxygen atoms in total. The van der Waals surface area contributed by atoms with E-state index in [-0.39, 0.29) is 6.10 Å². The van der Waals surface area contributed by atoms with Gasteiger partial charge < -0.3 is 0 Å².